The van der Waals surface area contributed by atoms with Gasteiger partial charge >= 0.3 is 0 Å². The summed E-state index contributed by atoms with van der Waals surface area (Å²) in [5.74, 6) is 7.04. The Hall–Kier alpha value is -8.37. The van der Waals surface area contributed by atoms with Gasteiger partial charge < -0.3 is 9.47 Å². The summed E-state index contributed by atoms with van der Waals surface area (Å²) >= 11 is 0. The Kier molecular flexibility index (Phi) is 9.39. The minimum absolute atomic E-state index is 0.371. The normalized spacial score (nSPS) is 12.0. The summed E-state index contributed by atoms with van der Waals surface area (Å²) in [5, 5.41) is 6.63. The molecule has 6 heterocycles. The molecule has 10 nitrogen and oxygen atoms in total. The van der Waals surface area contributed by atoms with Crippen LogP contribution in [0.4, 0.5) is 0 Å². The van der Waals surface area contributed by atoms with Crippen LogP contribution in [0.5, 0.6) is 23.0 Å². The average molecular weight is 875 g/mol. The Balaban J connectivity index is 0.961. The number of nitrogens with zero attached hydrogens (tertiary/aromatic N) is 8. The molecular formula is C57H46N8O2. The number of benzene rings is 6. The van der Waals surface area contributed by atoms with E-state index in [9.17, 15) is 0 Å². The van der Waals surface area contributed by atoms with Crippen LogP contribution in [0.2, 0.25) is 0 Å². The van der Waals surface area contributed by atoms with Gasteiger partial charge in [-0.15, -0.1) is 0 Å². The smallest absolute Gasteiger partial charge is 0.238 e. The average Bonchev–Trinajstić information content (AvgIpc) is 3.96. The maximum absolute atomic E-state index is 6.77. The highest BCUT2D eigenvalue weighted by Crippen LogP contribution is 2.41. The van der Waals surface area contributed by atoms with Gasteiger partial charge in [0.25, 0.3) is 0 Å². The van der Waals surface area contributed by atoms with Gasteiger partial charge in [-0.2, -0.15) is 9.97 Å². The van der Waals surface area contributed by atoms with E-state index in [2.05, 4.69) is 168 Å². The first kappa shape index (κ1) is 40.2. The lowest BCUT2D eigenvalue weighted by Crippen LogP contribution is -2.06. The fraction of sp³-hybridized carbons (Fsp3) is 0.140. The summed E-state index contributed by atoms with van der Waals surface area (Å²) in [6, 6.07) is 50.4. The minimum Gasteiger partial charge on any atom is -0.457 e. The summed E-state index contributed by atoms with van der Waals surface area (Å²) in [5.41, 5.74) is 8.46. The molecule has 12 aromatic rings. The number of hydrogen-bond acceptors (Lipinski definition) is 7. The number of aromatic nitrogens is 8. The Bertz CT molecular complexity index is 3680. The topological polar surface area (TPSA) is 97.7 Å². The number of hydrogen-bond donors (Lipinski definition) is 0. The van der Waals surface area contributed by atoms with Crippen LogP contribution in [0.3, 0.4) is 0 Å². The van der Waals surface area contributed by atoms with Crippen LogP contribution in [0, 0.1) is 13.8 Å². The van der Waals surface area contributed by atoms with E-state index in [0.717, 1.165) is 77.1 Å². The molecule has 0 spiro atoms. The second-order valence-electron chi connectivity index (χ2n) is 17.9. The van der Waals surface area contributed by atoms with Crippen LogP contribution in [0.15, 0.2) is 158 Å². The van der Waals surface area contributed by atoms with Crippen molar-refractivity contribution in [3.8, 4) is 40.6 Å². The van der Waals surface area contributed by atoms with Gasteiger partial charge in [0, 0.05) is 69.0 Å². The molecule has 0 saturated heterocycles. The number of ether oxygens (including phenoxy) is 2. The number of fused-ring (bicyclic) bond motifs is 9. The fourth-order valence-corrected chi connectivity index (χ4v) is 9.64. The van der Waals surface area contributed by atoms with Crippen molar-refractivity contribution >= 4 is 65.4 Å². The van der Waals surface area contributed by atoms with Gasteiger partial charge in [-0.3, -0.25) is 13.7 Å². The third kappa shape index (κ3) is 6.83. The molecule has 0 atom stereocenters. The van der Waals surface area contributed by atoms with Crippen LogP contribution >= 0.6 is 0 Å². The lowest BCUT2D eigenvalue weighted by molar-refractivity contribution is 0.484. The van der Waals surface area contributed by atoms with E-state index in [4.69, 9.17) is 29.4 Å². The molecule has 0 saturated carbocycles. The number of aryl methyl sites for hydroxylation is 2. The van der Waals surface area contributed by atoms with E-state index in [1.165, 1.54) is 11.1 Å². The lowest BCUT2D eigenvalue weighted by Gasteiger charge is -2.12. The highest BCUT2D eigenvalue weighted by atomic mass is 16.5. The van der Waals surface area contributed by atoms with Gasteiger partial charge in [-0.1, -0.05) is 64.1 Å². The van der Waals surface area contributed by atoms with Crippen LogP contribution in [-0.2, 0) is 0 Å². The highest BCUT2D eigenvalue weighted by Gasteiger charge is 2.20. The van der Waals surface area contributed by atoms with Crippen molar-refractivity contribution in [2.24, 2.45) is 0 Å². The molecule has 0 bridgehead atoms. The van der Waals surface area contributed by atoms with Gasteiger partial charge in [-0.05, 0) is 122 Å². The first-order valence-electron chi connectivity index (χ1n) is 22.8. The Morgan fingerprint density at radius 1 is 0.373 bits per heavy atom. The van der Waals surface area contributed by atoms with Crippen molar-refractivity contribution in [1.82, 2.24) is 38.6 Å². The van der Waals surface area contributed by atoms with Crippen molar-refractivity contribution < 1.29 is 9.47 Å². The van der Waals surface area contributed by atoms with Crippen molar-refractivity contribution in [3.63, 3.8) is 0 Å². The summed E-state index contributed by atoms with van der Waals surface area (Å²) in [4.78, 5) is 23.9. The predicted molar refractivity (Wildman–Crippen MR) is 269 cm³/mol. The second kappa shape index (κ2) is 15.7. The molecule has 0 unspecified atom stereocenters. The maximum Gasteiger partial charge on any atom is 0.238 e. The Labute approximate surface area is 386 Å². The summed E-state index contributed by atoms with van der Waals surface area (Å²) in [6.45, 7) is 12.6. The van der Waals surface area contributed by atoms with Crippen molar-refractivity contribution in [3.05, 3.63) is 181 Å². The van der Waals surface area contributed by atoms with E-state index in [-0.39, 0.29) is 0 Å². The van der Waals surface area contributed by atoms with Crippen LogP contribution in [0.25, 0.3) is 83.0 Å². The third-order valence-corrected chi connectivity index (χ3v) is 12.9. The van der Waals surface area contributed by atoms with Crippen molar-refractivity contribution in [1.29, 1.82) is 0 Å². The Morgan fingerprint density at radius 3 is 1.12 bits per heavy atom. The molecule has 6 aromatic heterocycles. The zero-order valence-corrected chi connectivity index (χ0v) is 38.1. The molecular weight excluding hydrogens is 829 g/mol. The Morgan fingerprint density at radius 2 is 0.731 bits per heavy atom. The summed E-state index contributed by atoms with van der Waals surface area (Å²) in [7, 11) is 0. The van der Waals surface area contributed by atoms with Crippen molar-refractivity contribution in [2.75, 3.05) is 0 Å². The molecule has 0 radical (unpaired) electrons. The quantitative estimate of drug-likeness (QED) is 0.142. The zero-order chi connectivity index (χ0) is 45.5. The van der Waals surface area contributed by atoms with Crippen LogP contribution < -0.4 is 9.47 Å². The molecule has 0 amide bonds. The largest absolute Gasteiger partial charge is 0.457 e. The molecule has 0 aliphatic rings. The zero-order valence-electron chi connectivity index (χ0n) is 38.1. The molecule has 0 fully saturated rings. The fourth-order valence-electron chi connectivity index (χ4n) is 9.64. The van der Waals surface area contributed by atoms with E-state index in [1.54, 1.807) is 0 Å². The standard InChI is InChI=1S/C57H46N8O2/c1-33(2)37-23-25-58-55(27-37)63-49-13-9-7-11-43(49)45-19-15-39(29-51(45)63)66-41-17-21-47-48-22-18-42(32-54(48)65(53(47)31-41)57-61-35(5)60-36(6)62-57)67-40-16-20-46-44-12-8-10-14-50(44)64(52(46)30-40)56-28-38(34(3)4)24-26-59-56/h7-34H,1-6H3. The van der Waals surface area contributed by atoms with E-state index in [1.807, 2.05) is 50.5 Å². The van der Waals surface area contributed by atoms with Crippen molar-refractivity contribution in [2.45, 2.75) is 53.4 Å². The van der Waals surface area contributed by atoms with E-state index >= 15 is 0 Å². The van der Waals surface area contributed by atoms with Gasteiger partial charge in [0.05, 0.1) is 33.1 Å². The molecule has 0 N–H and O–H groups in total. The second-order valence-corrected chi connectivity index (χ2v) is 17.9. The molecule has 0 aliphatic carbocycles. The predicted octanol–water partition coefficient (Wildman–Crippen LogP) is 14.4. The van der Waals surface area contributed by atoms with Gasteiger partial charge in [0.15, 0.2) is 0 Å². The third-order valence-electron chi connectivity index (χ3n) is 12.9. The SMILES string of the molecule is Cc1nc(C)nc(-n2c3cc(Oc4ccc5c6ccccc6n(-c6cc(C(C)C)ccn6)c5c4)ccc3c3ccc(Oc4ccc5c6ccccc6n(-c6cc(C(C)C)ccn6)c5c4)cc32)n1. The molecule has 0 aliphatic heterocycles. The van der Waals surface area contributed by atoms with Gasteiger partial charge in [-0.25, -0.2) is 15.0 Å². The molecule has 326 valence electrons. The van der Waals surface area contributed by atoms with E-state index < -0.39 is 0 Å². The molecule has 10 heteroatoms. The molecule has 12 rings (SSSR count). The highest BCUT2D eigenvalue weighted by molar-refractivity contribution is 6.11. The molecule has 6 aromatic carbocycles. The van der Waals surface area contributed by atoms with E-state index in [0.29, 0.717) is 52.4 Å². The van der Waals surface area contributed by atoms with Crippen LogP contribution in [-0.4, -0.2) is 38.6 Å². The first-order chi connectivity index (χ1) is 32.6. The lowest BCUT2D eigenvalue weighted by atomic mass is 10.1. The monoisotopic (exact) mass is 874 g/mol. The number of para-hydroxylation sites is 2. The minimum atomic E-state index is 0.371. The van der Waals surface area contributed by atoms with Gasteiger partial charge in [0.1, 0.15) is 46.3 Å². The number of rotatable bonds is 9. The molecule has 67 heavy (non-hydrogen) atoms. The first-order valence-corrected chi connectivity index (χ1v) is 22.8. The summed E-state index contributed by atoms with van der Waals surface area (Å²) < 4.78 is 20.1. The summed E-state index contributed by atoms with van der Waals surface area (Å²) in [6.07, 6.45) is 3.80. The van der Waals surface area contributed by atoms with Crippen LogP contribution in [0.1, 0.15) is 62.3 Å². The maximum atomic E-state index is 6.77. The number of pyridine rings is 2. The van der Waals surface area contributed by atoms with Gasteiger partial charge in [0.2, 0.25) is 5.95 Å².